The number of carbonyl (C=O) groups is 2. The van der Waals surface area contributed by atoms with E-state index in [1.807, 2.05) is 23.9 Å². The molecule has 0 aromatic carbocycles. The van der Waals surface area contributed by atoms with E-state index in [-0.39, 0.29) is 11.8 Å². The Morgan fingerprint density at radius 1 is 0.895 bits per heavy atom. The van der Waals surface area contributed by atoms with E-state index >= 15 is 0 Å². The molecule has 110 valence electrons. The Labute approximate surface area is 119 Å². The number of hydrogen-bond acceptors (Lipinski definition) is 5. The lowest BCUT2D eigenvalue weighted by atomic mass is 10.4. The van der Waals surface area contributed by atoms with Gasteiger partial charge in [-0.3, -0.25) is 19.4 Å². The second-order valence-electron chi connectivity index (χ2n) is 4.79. The summed E-state index contributed by atoms with van der Waals surface area (Å²) >= 11 is 1.73. The van der Waals surface area contributed by atoms with E-state index < -0.39 is 0 Å². The molecule has 2 amide bonds. The van der Waals surface area contributed by atoms with Crippen LogP contribution < -0.4 is 10.6 Å². The minimum absolute atomic E-state index is 0.0647. The van der Waals surface area contributed by atoms with Gasteiger partial charge in [0.1, 0.15) is 0 Å². The van der Waals surface area contributed by atoms with E-state index in [0.29, 0.717) is 26.2 Å². The molecule has 0 aromatic rings. The minimum Gasteiger partial charge on any atom is -0.354 e. The number of likely N-dealkylation sites (N-methyl/N-ethyl adjacent to an activating group) is 2. The van der Waals surface area contributed by atoms with Crippen LogP contribution in [-0.4, -0.2) is 86.5 Å². The molecule has 0 bridgehead atoms. The molecular weight excluding hydrogens is 264 g/mol. The summed E-state index contributed by atoms with van der Waals surface area (Å²) in [6.07, 6.45) is 0. The molecule has 1 saturated heterocycles. The van der Waals surface area contributed by atoms with E-state index in [0.717, 1.165) is 24.6 Å². The molecule has 0 radical (unpaired) electrons. The van der Waals surface area contributed by atoms with Crippen LogP contribution in [-0.2, 0) is 9.59 Å². The summed E-state index contributed by atoms with van der Waals surface area (Å²) in [5.74, 6) is 1.89. The molecule has 0 aromatic heterocycles. The molecule has 2 N–H and O–H groups in total. The summed E-state index contributed by atoms with van der Waals surface area (Å²) in [4.78, 5) is 27.2. The third kappa shape index (κ3) is 8.07. The van der Waals surface area contributed by atoms with Gasteiger partial charge in [0.25, 0.3) is 0 Å². The van der Waals surface area contributed by atoms with Gasteiger partial charge in [-0.1, -0.05) is 0 Å². The maximum Gasteiger partial charge on any atom is 0.234 e. The maximum atomic E-state index is 11.6. The zero-order valence-corrected chi connectivity index (χ0v) is 12.6. The van der Waals surface area contributed by atoms with Crippen molar-refractivity contribution in [2.75, 3.05) is 64.9 Å². The molecule has 1 heterocycles. The van der Waals surface area contributed by atoms with Gasteiger partial charge in [0.15, 0.2) is 0 Å². The normalized spacial score (nSPS) is 23.1. The molecular formula is C12H24N4O2S. The Kier molecular flexibility index (Phi) is 7.85. The monoisotopic (exact) mass is 288 g/mol. The second kappa shape index (κ2) is 9.17. The van der Waals surface area contributed by atoms with Crippen LogP contribution in [0, 0.1) is 0 Å². The first kappa shape index (κ1) is 16.3. The van der Waals surface area contributed by atoms with Crippen molar-refractivity contribution in [1.29, 1.82) is 0 Å². The number of hydrogen-bond donors (Lipinski definition) is 2. The summed E-state index contributed by atoms with van der Waals surface area (Å²) < 4.78 is 0. The van der Waals surface area contributed by atoms with E-state index in [1.54, 1.807) is 11.8 Å². The molecule has 0 unspecified atom stereocenters. The van der Waals surface area contributed by atoms with Gasteiger partial charge in [-0.15, -0.1) is 0 Å². The highest BCUT2D eigenvalue weighted by molar-refractivity contribution is 7.99. The Hall–Kier alpha value is -0.790. The van der Waals surface area contributed by atoms with E-state index in [9.17, 15) is 9.59 Å². The zero-order chi connectivity index (χ0) is 14.1. The van der Waals surface area contributed by atoms with Crippen LogP contribution in [0.3, 0.4) is 0 Å². The highest BCUT2D eigenvalue weighted by Gasteiger charge is 2.10. The molecule has 1 rings (SSSR count). The molecule has 7 heteroatoms. The third-order valence-corrected chi connectivity index (χ3v) is 3.81. The minimum atomic E-state index is 0.0647. The standard InChI is InChI=1S/C12H24N4O2S/c1-15-5-6-16(2)10-12(18)14-4-8-19-7-3-13-11(17)9-15/h3-10H2,1-2H3,(H,13,17)(H,14,18). The van der Waals surface area contributed by atoms with Gasteiger partial charge in [0.05, 0.1) is 13.1 Å². The van der Waals surface area contributed by atoms with Gasteiger partial charge >= 0.3 is 0 Å². The lowest BCUT2D eigenvalue weighted by molar-refractivity contribution is -0.123. The van der Waals surface area contributed by atoms with Crippen LogP contribution in [0.4, 0.5) is 0 Å². The summed E-state index contributed by atoms with van der Waals surface area (Å²) in [7, 11) is 3.83. The number of nitrogens with one attached hydrogen (secondary N) is 2. The molecule has 1 fully saturated rings. The van der Waals surface area contributed by atoms with E-state index in [1.165, 1.54) is 0 Å². The van der Waals surface area contributed by atoms with Gasteiger partial charge in [0, 0.05) is 37.7 Å². The van der Waals surface area contributed by atoms with Crippen molar-refractivity contribution in [3.05, 3.63) is 0 Å². The smallest absolute Gasteiger partial charge is 0.234 e. The Morgan fingerprint density at radius 2 is 1.32 bits per heavy atom. The van der Waals surface area contributed by atoms with Crippen molar-refractivity contribution in [3.8, 4) is 0 Å². The molecule has 6 nitrogen and oxygen atoms in total. The molecule has 1 aliphatic heterocycles. The molecule has 0 atom stereocenters. The van der Waals surface area contributed by atoms with Gasteiger partial charge in [-0.2, -0.15) is 11.8 Å². The average molecular weight is 288 g/mol. The largest absolute Gasteiger partial charge is 0.354 e. The fourth-order valence-corrected chi connectivity index (χ4v) is 2.43. The summed E-state index contributed by atoms with van der Waals surface area (Å²) in [5, 5.41) is 5.80. The van der Waals surface area contributed by atoms with Gasteiger partial charge in [-0.05, 0) is 14.1 Å². The summed E-state index contributed by atoms with van der Waals surface area (Å²) in [6.45, 7) is 3.73. The summed E-state index contributed by atoms with van der Waals surface area (Å²) in [5.41, 5.74) is 0. The Balaban J connectivity index is 2.43. The van der Waals surface area contributed by atoms with Crippen molar-refractivity contribution in [3.63, 3.8) is 0 Å². The predicted molar refractivity (Wildman–Crippen MR) is 78.3 cm³/mol. The van der Waals surface area contributed by atoms with Crippen LogP contribution in [0.15, 0.2) is 0 Å². The quantitative estimate of drug-likeness (QED) is 0.588. The van der Waals surface area contributed by atoms with Crippen molar-refractivity contribution in [1.82, 2.24) is 20.4 Å². The molecule has 0 aliphatic carbocycles. The van der Waals surface area contributed by atoms with Crippen molar-refractivity contribution in [2.24, 2.45) is 0 Å². The van der Waals surface area contributed by atoms with Crippen molar-refractivity contribution >= 4 is 23.6 Å². The van der Waals surface area contributed by atoms with Crippen LogP contribution in [0.25, 0.3) is 0 Å². The SMILES string of the molecule is CN1CCN(C)CC(=O)NCCSCCNC(=O)C1. The van der Waals surface area contributed by atoms with Crippen molar-refractivity contribution in [2.45, 2.75) is 0 Å². The number of amides is 2. The lowest BCUT2D eigenvalue weighted by Gasteiger charge is -2.21. The summed E-state index contributed by atoms with van der Waals surface area (Å²) in [6, 6.07) is 0. The van der Waals surface area contributed by atoms with E-state index in [2.05, 4.69) is 10.6 Å². The molecule has 1 aliphatic rings. The average Bonchev–Trinajstić information content (AvgIpc) is 2.34. The highest BCUT2D eigenvalue weighted by atomic mass is 32.2. The van der Waals surface area contributed by atoms with Crippen LogP contribution in [0.5, 0.6) is 0 Å². The number of carbonyl (C=O) groups excluding carboxylic acids is 2. The van der Waals surface area contributed by atoms with Gasteiger partial charge in [-0.25, -0.2) is 0 Å². The van der Waals surface area contributed by atoms with Crippen LogP contribution in [0.2, 0.25) is 0 Å². The maximum absolute atomic E-state index is 11.6. The first-order valence-electron chi connectivity index (χ1n) is 6.56. The number of nitrogens with zero attached hydrogens (tertiary/aromatic N) is 2. The first-order valence-corrected chi connectivity index (χ1v) is 7.71. The van der Waals surface area contributed by atoms with Crippen LogP contribution in [0.1, 0.15) is 0 Å². The number of rotatable bonds is 0. The van der Waals surface area contributed by atoms with Gasteiger partial charge < -0.3 is 10.6 Å². The zero-order valence-electron chi connectivity index (χ0n) is 11.8. The fourth-order valence-electron chi connectivity index (χ4n) is 1.73. The van der Waals surface area contributed by atoms with Crippen LogP contribution >= 0.6 is 11.8 Å². The Morgan fingerprint density at radius 3 is 1.74 bits per heavy atom. The Bertz CT molecular complexity index is 273. The van der Waals surface area contributed by atoms with E-state index in [4.69, 9.17) is 0 Å². The van der Waals surface area contributed by atoms with Gasteiger partial charge in [0.2, 0.25) is 11.8 Å². The van der Waals surface area contributed by atoms with Crippen molar-refractivity contribution < 1.29 is 9.59 Å². The lowest BCUT2D eigenvalue weighted by Crippen LogP contribution is -2.41. The first-order chi connectivity index (χ1) is 9.08. The third-order valence-electron chi connectivity index (χ3n) is 2.83. The molecule has 19 heavy (non-hydrogen) atoms. The predicted octanol–water partition coefficient (Wildman–Crippen LogP) is -1.17. The molecule has 0 spiro atoms. The second-order valence-corrected chi connectivity index (χ2v) is 6.01. The topological polar surface area (TPSA) is 64.7 Å². The fraction of sp³-hybridized carbons (Fsp3) is 0.833. The molecule has 0 saturated carbocycles. The number of thioether (sulfide) groups is 1. The highest BCUT2D eigenvalue weighted by Crippen LogP contribution is 1.96.